The monoisotopic (exact) mass is 233 g/mol. The lowest BCUT2D eigenvalue weighted by Crippen LogP contribution is -2.53. The van der Waals surface area contributed by atoms with E-state index in [1.807, 2.05) is 19.1 Å². The minimum Gasteiger partial charge on any atom is -0.248 e. The van der Waals surface area contributed by atoms with E-state index in [2.05, 4.69) is 11.6 Å². The van der Waals surface area contributed by atoms with Crippen LogP contribution in [0.5, 0.6) is 0 Å². The summed E-state index contributed by atoms with van der Waals surface area (Å²) in [5, 5.41) is 4.12. The van der Waals surface area contributed by atoms with Gasteiger partial charge < -0.3 is 0 Å². The van der Waals surface area contributed by atoms with Gasteiger partial charge in [-0.3, -0.25) is 0 Å². The molecule has 1 aliphatic rings. The zero-order valence-electron chi connectivity index (χ0n) is 9.39. The maximum Gasteiger partial charge on any atom is 0.217 e. The summed E-state index contributed by atoms with van der Waals surface area (Å²) in [6.45, 7) is 6.09. The van der Waals surface area contributed by atoms with Gasteiger partial charge in [0, 0.05) is 40.3 Å². The second-order valence-corrected chi connectivity index (χ2v) is 5.78. The first-order valence-corrected chi connectivity index (χ1v) is 6.59. The van der Waals surface area contributed by atoms with Crippen LogP contribution in [0, 0.1) is 0 Å². The third kappa shape index (κ3) is 3.27. The van der Waals surface area contributed by atoms with Crippen molar-refractivity contribution in [2.24, 2.45) is 0 Å². The molecule has 0 aliphatic carbocycles. The van der Waals surface area contributed by atoms with Crippen molar-refractivity contribution in [1.29, 1.82) is 0 Å². The molecule has 1 rings (SSSR count). The summed E-state index contributed by atoms with van der Waals surface area (Å²) in [5.41, 5.74) is 0. The Morgan fingerprint density at radius 1 is 1.27 bits per heavy atom. The van der Waals surface area contributed by atoms with Crippen molar-refractivity contribution in [3.05, 3.63) is 12.7 Å². The second-order valence-electron chi connectivity index (χ2n) is 3.77. The van der Waals surface area contributed by atoms with E-state index in [0.717, 1.165) is 13.1 Å². The van der Waals surface area contributed by atoms with E-state index in [0.29, 0.717) is 13.1 Å². The molecule has 0 aromatic heterocycles. The van der Waals surface area contributed by atoms with E-state index in [-0.39, 0.29) is 5.75 Å². The van der Waals surface area contributed by atoms with Gasteiger partial charge in [0.15, 0.2) is 0 Å². The average molecular weight is 233 g/mol. The molecule has 0 amide bonds. The van der Waals surface area contributed by atoms with Crippen molar-refractivity contribution in [3.63, 3.8) is 0 Å². The summed E-state index contributed by atoms with van der Waals surface area (Å²) in [4.78, 5) is 0. The Labute approximate surface area is 92.0 Å². The summed E-state index contributed by atoms with van der Waals surface area (Å²) in [6.07, 6.45) is 1.44. The minimum atomic E-state index is -3.11. The summed E-state index contributed by atoms with van der Waals surface area (Å²) in [7, 11) is 0.820. The van der Waals surface area contributed by atoms with Gasteiger partial charge in [-0.25, -0.2) is 18.4 Å². The molecule has 0 aromatic carbocycles. The number of piperazine rings is 1. The van der Waals surface area contributed by atoms with Gasteiger partial charge in [0.2, 0.25) is 10.0 Å². The molecule has 1 aliphatic heterocycles. The SMILES string of the molecule is C=CCS(=O)(=O)N1CCN(N(C)C)CC1. The molecule has 0 N–H and O–H groups in total. The number of rotatable bonds is 4. The predicted octanol–water partition coefficient (Wildman–Crippen LogP) is -0.404. The lowest BCUT2D eigenvalue weighted by molar-refractivity contribution is -0.00197. The summed E-state index contributed by atoms with van der Waals surface area (Å²) >= 11 is 0. The van der Waals surface area contributed by atoms with Crippen LogP contribution in [0.2, 0.25) is 0 Å². The lowest BCUT2D eigenvalue weighted by Gasteiger charge is -2.37. The molecule has 1 fully saturated rings. The van der Waals surface area contributed by atoms with Crippen LogP contribution in [0.3, 0.4) is 0 Å². The molecular formula is C9H19N3O2S. The molecule has 5 nitrogen and oxygen atoms in total. The smallest absolute Gasteiger partial charge is 0.217 e. The van der Waals surface area contributed by atoms with Crippen LogP contribution in [0.25, 0.3) is 0 Å². The Balaban J connectivity index is 2.54. The van der Waals surface area contributed by atoms with E-state index < -0.39 is 10.0 Å². The third-order valence-corrected chi connectivity index (χ3v) is 4.31. The molecule has 0 saturated carbocycles. The molecule has 0 unspecified atom stereocenters. The first kappa shape index (κ1) is 12.6. The molecule has 1 saturated heterocycles. The van der Waals surface area contributed by atoms with Gasteiger partial charge in [0.25, 0.3) is 0 Å². The number of hydrogen-bond acceptors (Lipinski definition) is 4. The molecular weight excluding hydrogens is 214 g/mol. The molecule has 88 valence electrons. The van der Waals surface area contributed by atoms with Crippen LogP contribution in [0.1, 0.15) is 0 Å². The van der Waals surface area contributed by atoms with Crippen LogP contribution in [0.4, 0.5) is 0 Å². The highest BCUT2D eigenvalue weighted by Crippen LogP contribution is 2.08. The standard InChI is InChI=1S/C9H19N3O2S/c1-4-9-15(13,14)12-7-5-11(6-8-12)10(2)3/h4H,1,5-9H2,2-3H3. The molecule has 0 spiro atoms. The fourth-order valence-electron chi connectivity index (χ4n) is 1.61. The first-order valence-electron chi connectivity index (χ1n) is 4.98. The second kappa shape index (κ2) is 5.07. The van der Waals surface area contributed by atoms with Crippen molar-refractivity contribution in [1.82, 2.24) is 14.3 Å². The first-order chi connectivity index (χ1) is 6.97. The molecule has 0 radical (unpaired) electrons. The summed E-state index contributed by atoms with van der Waals surface area (Å²) in [5.74, 6) is 0.0367. The van der Waals surface area contributed by atoms with E-state index in [4.69, 9.17) is 0 Å². The highest BCUT2D eigenvalue weighted by molar-refractivity contribution is 7.89. The van der Waals surface area contributed by atoms with Crippen LogP contribution >= 0.6 is 0 Å². The summed E-state index contributed by atoms with van der Waals surface area (Å²) in [6, 6.07) is 0. The Bertz CT molecular complexity index is 305. The number of sulfonamides is 1. The molecule has 6 heteroatoms. The van der Waals surface area contributed by atoms with E-state index in [1.54, 1.807) is 0 Å². The molecule has 15 heavy (non-hydrogen) atoms. The fourth-order valence-corrected chi connectivity index (χ4v) is 2.84. The predicted molar refractivity (Wildman–Crippen MR) is 60.8 cm³/mol. The highest BCUT2D eigenvalue weighted by Gasteiger charge is 2.26. The quantitative estimate of drug-likeness (QED) is 0.620. The third-order valence-electron chi connectivity index (χ3n) is 2.50. The normalized spacial score (nSPS) is 20.7. The van der Waals surface area contributed by atoms with Crippen LogP contribution in [-0.2, 0) is 10.0 Å². The van der Waals surface area contributed by atoms with Crippen molar-refractivity contribution in [2.75, 3.05) is 46.0 Å². The Kier molecular flexibility index (Phi) is 4.27. The fraction of sp³-hybridized carbons (Fsp3) is 0.778. The Hall–Kier alpha value is -0.430. The van der Waals surface area contributed by atoms with Gasteiger partial charge in [-0.05, 0) is 0 Å². The van der Waals surface area contributed by atoms with Gasteiger partial charge in [0.05, 0.1) is 5.75 Å². The van der Waals surface area contributed by atoms with E-state index in [1.165, 1.54) is 10.4 Å². The number of hydrazine groups is 1. The van der Waals surface area contributed by atoms with Gasteiger partial charge in [-0.15, -0.1) is 6.58 Å². The maximum atomic E-state index is 11.7. The maximum absolute atomic E-state index is 11.7. The van der Waals surface area contributed by atoms with Crippen molar-refractivity contribution in [3.8, 4) is 0 Å². The Morgan fingerprint density at radius 3 is 2.20 bits per heavy atom. The zero-order chi connectivity index (χ0) is 11.5. The van der Waals surface area contributed by atoms with Crippen molar-refractivity contribution >= 4 is 10.0 Å². The van der Waals surface area contributed by atoms with Crippen LogP contribution < -0.4 is 0 Å². The molecule has 0 aromatic rings. The van der Waals surface area contributed by atoms with E-state index >= 15 is 0 Å². The average Bonchev–Trinajstić information content (AvgIpc) is 2.18. The van der Waals surface area contributed by atoms with Gasteiger partial charge in [-0.1, -0.05) is 6.08 Å². The van der Waals surface area contributed by atoms with Crippen LogP contribution in [0.15, 0.2) is 12.7 Å². The van der Waals surface area contributed by atoms with Gasteiger partial charge in [-0.2, -0.15) is 4.31 Å². The van der Waals surface area contributed by atoms with Crippen molar-refractivity contribution in [2.45, 2.75) is 0 Å². The highest BCUT2D eigenvalue weighted by atomic mass is 32.2. The molecule has 1 heterocycles. The topological polar surface area (TPSA) is 43.9 Å². The molecule has 0 atom stereocenters. The van der Waals surface area contributed by atoms with Gasteiger partial charge in [0.1, 0.15) is 0 Å². The summed E-state index contributed by atoms with van der Waals surface area (Å²) < 4.78 is 24.9. The van der Waals surface area contributed by atoms with Crippen molar-refractivity contribution < 1.29 is 8.42 Å². The van der Waals surface area contributed by atoms with E-state index in [9.17, 15) is 8.42 Å². The molecule has 0 bridgehead atoms. The van der Waals surface area contributed by atoms with Gasteiger partial charge >= 0.3 is 0 Å². The lowest BCUT2D eigenvalue weighted by atomic mass is 10.4. The number of hydrogen-bond donors (Lipinski definition) is 0. The zero-order valence-corrected chi connectivity index (χ0v) is 10.2. The van der Waals surface area contributed by atoms with Crippen LogP contribution in [-0.4, -0.2) is 68.8 Å². The number of nitrogens with zero attached hydrogens (tertiary/aromatic N) is 3. The largest absolute Gasteiger partial charge is 0.248 e. The minimum absolute atomic E-state index is 0.0367. The Morgan fingerprint density at radius 2 is 1.80 bits per heavy atom.